The molecule has 0 aliphatic carbocycles. The Kier molecular flexibility index (Phi) is 5.84. The van der Waals surface area contributed by atoms with E-state index in [9.17, 15) is 4.79 Å². The number of hydrogen-bond donors (Lipinski definition) is 0. The van der Waals surface area contributed by atoms with E-state index < -0.39 is 0 Å². The Bertz CT molecular complexity index is 844. The standard InChI is InChI=1S/C20H18ClNO2S/c1-2-24-18(23)13-12-17-22-19(14-6-4-3-5-7-14)20(25-17)15-8-10-16(21)11-9-15/h3-11H,2,12-13H2,1H3. The number of esters is 1. The van der Waals surface area contributed by atoms with Crippen molar-refractivity contribution in [1.29, 1.82) is 0 Å². The summed E-state index contributed by atoms with van der Waals surface area (Å²) < 4.78 is 5.01. The second-order valence-electron chi connectivity index (χ2n) is 5.46. The molecule has 1 heterocycles. The van der Waals surface area contributed by atoms with Crippen LogP contribution in [0.3, 0.4) is 0 Å². The maximum Gasteiger partial charge on any atom is 0.306 e. The van der Waals surface area contributed by atoms with Gasteiger partial charge in [0.1, 0.15) is 0 Å². The molecule has 0 bridgehead atoms. The minimum atomic E-state index is -0.188. The van der Waals surface area contributed by atoms with Crippen LogP contribution in [-0.4, -0.2) is 17.6 Å². The zero-order chi connectivity index (χ0) is 17.6. The molecule has 0 N–H and O–H groups in total. The molecule has 3 aromatic rings. The van der Waals surface area contributed by atoms with E-state index >= 15 is 0 Å². The second kappa shape index (κ2) is 8.28. The Balaban J connectivity index is 1.94. The zero-order valence-electron chi connectivity index (χ0n) is 13.9. The predicted molar refractivity (Wildman–Crippen MR) is 103 cm³/mol. The van der Waals surface area contributed by atoms with Gasteiger partial charge in [-0.1, -0.05) is 54.1 Å². The molecule has 0 aliphatic rings. The molecule has 0 saturated carbocycles. The Hall–Kier alpha value is -2.17. The number of carbonyl (C=O) groups excluding carboxylic acids is 1. The van der Waals surface area contributed by atoms with Crippen LogP contribution in [0.1, 0.15) is 18.4 Å². The van der Waals surface area contributed by atoms with Crippen molar-refractivity contribution in [3.63, 3.8) is 0 Å². The summed E-state index contributed by atoms with van der Waals surface area (Å²) >= 11 is 7.62. The number of hydrogen-bond acceptors (Lipinski definition) is 4. The molecule has 0 aliphatic heterocycles. The predicted octanol–water partition coefficient (Wildman–Crippen LogP) is 5.63. The summed E-state index contributed by atoms with van der Waals surface area (Å²) in [6.45, 7) is 2.22. The first-order valence-electron chi connectivity index (χ1n) is 8.14. The van der Waals surface area contributed by atoms with Crippen LogP contribution in [0.25, 0.3) is 21.7 Å². The maximum absolute atomic E-state index is 11.6. The number of halogens is 1. The van der Waals surface area contributed by atoms with Crippen molar-refractivity contribution in [3.8, 4) is 21.7 Å². The van der Waals surface area contributed by atoms with Crippen LogP contribution < -0.4 is 0 Å². The number of thiazole rings is 1. The second-order valence-corrected chi connectivity index (χ2v) is 6.98. The molecule has 3 rings (SSSR count). The molecule has 0 fully saturated rings. The fraction of sp³-hybridized carbons (Fsp3) is 0.200. The molecule has 0 radical (unpaired) electrons. The van der Waals surface area contributed by atoms with Crippen molar-refractivity contribution in [1.82, 2.24) is 4.98 Å². The van der Waals surface area contributed by atoms with Crippen LogP contribution in [0.2, 0.25) is 5.02 Å². The summed E-state index contributed by atoms with van der Waals surface area (Å²) in [5.41, 5.74) is 3.07. The van der Waals surface area contributed by atoms with Gasteiger partial charge in [0.15, 0.2) is 0 Å². The average molecular weight is 372 g/mol. The van der Waals surface area contributed by atoms with E-state index in [0.717, 1.165) is 26.7 Å². The Morgan fingerprint density at radius 3 is 2.48 bits per heavy atom. The van der Waals surface area contributed by atoms with Gasteiger partial charge in [-0.25, -0.2) is 4.98 Å². The summed E-state index contributed by atoms with van der Waals surface area (Å²) in [5, 5.41) is 1.63. The molecule has 2 aromatic carbocycles. The fourth-order valence-electron chi connectivity index (χ4n) is 2.50. The molecule has 25 heavy (non-hydrogen) atoms. The van der Waals surface area contributed by atoms with Gasteiger partial charge < -0.3 is 4.74 Å². The molecule has 0 spiro atoms. The number of nitrogens with zero attached hydrogens (tertiary/aromatic N) is 1. The van der Waals surface area contributed by atoms with Gasteiger partial charge in [0.25, 0.3) is 0 Å². The van der Waals surface area contributed by atoms with Crippen molar-refractivity contribution < 1.29 is 9.53 Å². The van der Waals surface area contributed by atoms with Crippen molar-refractivity contribution in [2.24, 2.45) is 0 Å². The number of benzene rings is 2. The molecule has 128 valence electrons. The van der Waals surface area contributed by atoms with Crippen molar-refractivity contribution >= 4 is 28.9 Å². The molecular weight excluding hydrogens is 354 g/mol. The number of rotatable bonds is 6. The normalized spacial score (nSPS) is 10.6. The maximum atomic E-state index is 11.6. The van der Waals surface area contributed by atoms with E-state index in [2.05, 4.69) is 0 Å². The van der Waals surface area contributed by atoms with Crippen LogP contribution in [0.5, 0.6) is 0 Å². The highest BCUT2D eigenvalue weighted by atomic mass is 35.5. The van der Waals surface area contributed by atoms with E-state index in [1.807, 2.05) is 61.5 Å². The van der Waals surface area contributed by atoms with E-state index in [0.29, 0.717) is 24.5 Å². The lowest BCUT2D eigenvalue weighted by molar-refractivity contribution is -0.143. The van der Waals surface area contributed by atoms with E-state index in [4.69, 9.17) is 21.3 Å². The third-order valence-corrected chi connectivity index (χ3v) is 5.09. The summed E-state index contributed by atoms with van der Waals surface area (Å²) in [6, 6.07) is 17.8. The Morgan fingerprint density at radius 1 is 1.08 bits per heavy atom. The van der Waals surface area contributed by atoms with Crippen molar-refractivity contribution in [2.45, 2.75) is 19.8 Å². The zero-order valence-corrected chi connectivity index (χ0v) is 15.4. The van der Waals surface area contributed by atoms with Gasteiger partial charge in [-0.3, -0.25) is 4.79 Å². The Morgan fingerprint density at radius 2 is 1.80 bits per heavy atom. The number of aromatic nitrogens is 1. The summed E-state index contributed by atoms with van der Waals surface area (Å²) in [5.74, 6) is -0.188. The van der Waals surface area contributed by atoms with Crippen LogP contribution in [-0.2, 0) is 16.0 Å². The third kappa shape index (κ3) is 4.47. The number of carbonyl (C=O) groups is 1. The summed E-state index contributed by atoms with van der Waals surface area (Å²) in [7, 11) is 0. The van der Waals surface area contributed by atoms with Crippen LogP contribution in [0.15, 0.2) is 54.6 Å². The molecule has 0 amide bonds. The molecule has 0 atom stereocenters. The van der Waals surface area contributed by atoms with Gasteiger partial charge in [-0.05, 0) is 24.6 Å². The number of ether oxygens (including phenoxy) is 1. The lowest BCUT2D eigenvalue weighted by Crippen LogP contribution is -2.04. The van der Waals surface area contributed by atoms with Crippen LogP contribution in [0, 0.1) is 0 Å². The van der Waals surface area contributed by atoms with Gasteiger partial charge in [-0.2, -0.15) is 0 Å². The molecule has 0 unspecified atom stereocenters. The lowest BCUT2D eigenvalue weighted by atomic mass is 10.1. The SMILES string of the molecule is CCOC(=O)CCc1nc(-c2ccccc2)c(-c2ccc(Cl)cc2)s1. The minimum Gasteiger partial charge on any atom is -0.466 e. The van der Waals surface area contributed by atoms with E-state index in [1.54, 1.807) is 11.3 Å². The van der Waals surface area contributed by atoms with E-state index in [-0.39, 0.29) is 5.97 Å². The molecule has 5 heteroatoms. The monoisotopic (exact) mass is 371 g/mol. The van der Waals surface area contributed by atoms with Crippen molar-refractivity contribution in [3.05, 3.63) is 64.6 Å². The number of aryl methyl sites for hydroxylation is 1. The fourth-order valence-corrected chi connectivity index (χ4v) is 3.72. The molecule has 1 aromatic heterocycles. The summed E-state index contributed by atoms with van der Waals surface area (Å²) in [4.78, 5) is 17.5. The highest BCUT2D eigenvalue weighted by molar-refractivity contribution is 7.15. The van der Waals surface area contributed by atoms with Crippen LogP contribution in [0.4, 0.5) is 0 Å². The van der Waals surface area contributed by atoms with Crippen LogP contribution >= 0.6 is 22.9 Å². The highest BCUT2D eigenvalue weighted by Gasteiger charge is 2.16. The van der Waals surface area contributed by atoms with Gasteiger partial charge in [-0.15, -0.1) is 11.3 Å². The lowest BCUT2D eigenvalue weighted by Gasteiger charge is -2.02. The van der Waals surface area contributed by atoms with Gasteiger partial charge in [0.2, 0.25) is 0 Å². The molecule has 3 nitrogen and oxygen atoms in total. The molecule has 0 saturated heterocycles. The first kappa shape index (κ1) is 17.6. The summed E-state index contributed by atoms with van der Waals surface area (Å²) in [6.07, 6.45) is 0.923. The average Bonchev–Trinajstić information content (AvgIpc) is 3.06. The van der Waals surface area contributed by atoms with Crippen molar-refractivity contribution in [2.75, 3.05) is 6.61 Å². The third-order valence-electron chi connectivity index (χ3n) is 3.67. The first-order valence-corrected chi connectivity index (χ1v) is 9.33. The smallest absolute Gasteiger partial charge is 0.306 e. The Labute approximate surface area is 156 Å². The van der Waals surface area contributed by atoms with Gasteiger partial charge in [0.05, 0.1) is 28.6 Å². The molecular formula is C20H18ClNO2S. The van der Waals surface area contributed by atoms with Gasteiger partial charge >= 0.3 is 5.97 Å². The largest absolute Gasteiger partial charge is 0.466 e. The topological polar surface area (TPSA) is 39.2 Å². The highest BCUT2D eigenvalue weighted by Crippen LogP contribution is 2.37. The van der Waals surface area contributed by atoms with Gasteiger partial charge in [0, 0.05) is 17.0 Å². The minimum absolute atomic E-state index is 0.188. The first-order chi connectivity index (χ1) is 12.2. The van der Waals surface area contributed by atoms with E-state index in [1.165, 1.54) is 0 Å². The quantitative estimate of drug-likeness (QED) is 0.527.